The Kier molecular flexibility index (Phi) is 8.17. The Balaban J connectivity index is 2.08. The maximum absolute atomic E-state index is 12.5. The lowest BCUT2D eigenvalue weighted by Gasteiger charge is -2.12. The SMILES string of the molecule is COc1cc(C=CC(=O)c2ccc(OCC(=O)N(C)C)cc2)cc(Cl)c1OC(F)F. The molecule has 2 aromatic rings. The Morgan fingerprint density at radius 2 is 1.83 bits per heavy atom. The number of hydrogen-bond donors (Lipinski definition) is 0. The Bertz CT molecular complexity index is 930. The van der Waals surface area contributed by atoms with Gasteiger partial charge in [0.1, 0.15) is 5.75 Å². The van der Waals surface area contributed by atoms with Crippen molar-refractivity contribution < 1.29 is 32.6 Å². The van der Waals surface area contributed by atoms with E-state index in [1.807, 2.05) is 0 Å². The van der Waals surface area contributed by atoms with Gasteiger partial charge < -0.3 is 19.1 Å². The van der Waals surface area contributed by atoms with Crippen molar-refractivity contribution in [2.24, 2.45) is 0 Å². The number of methoxy groups -OCH3 is 1. The molecule has 0 aliphatic rings. The van der Waals surface area contributed by atoms with Crippen LogP contribution in [0.2, 0.25) is 5.02 Å². The summed E-state index contributed by atoms with van der Waals surface area (Å²) in [6, 6.07) is 9.10. The number of rotatable bonds is 9. The first-order valence-corrected chi connectivity index (χ1v) is 9.06. The molecule has 0 bridgehead atoms. The summed E-state index contributed by atoms with van der Waals surface area (Å²) in [5.41, 5.74) is 0.863. The van der Waals surface area contributed by atoms with Crippen molar-refractivity contribution in [3.8, 4) is 17.2 Å². The number of benzene rings is 2. The van der Waals surface area contributed by atoms with E-state index in [1.165, 1.54) is 36.3 Å². The molecule has 0 aliphatic carbocycles. The third-order valence-corrected chi connectivity index (χ3v) is 4.17. The van der Waals surface area contributed by atoms with E-state index >= 15 is 0 Å². The van der Waals surface area contributed by atoms with Gasteiger partial charge in [-0.2, -0.15) is 8.78 Å². The van der Waals surface area contributed by atoms with Crippen molar-refractivity contribution >= 4 is 29.4 Å². The van der Waals surface area contributed by atoms with Gasteiger partial charge >= 0.3 is 6.61 Å². The van der Waals surface area contributed by atoms with Gasteiger partial charge in [-0.3, -0.25) is 9.59 Å². The number of amides is 1. The van der Waals surface area contributed by atoms with Gasteiger partial charge in [0.25, 0.3) is 5.91 Å². The number of allylic oxidation sites excluding steroid dienone is 1. The van der Waals surface area contributed by atoms with Crippen LogP contribution in [0.1, 0.15) is 15.9 Å². The summed E-state index contributed by atoms with van der Waals surface area (Å²) in [5, 5.41) is -0.0736. The second-order valence-electron chi connectivity index (χ2n) is 6.21. The van der Waals surface area contributed by atoms with Crippen LogP contribution in [0.25, 0.3) is 6.08 Å². The van der Waals surface area contributed by atoms with Gasteiger partial charge in [0.15, 0.2) is 23.9 Å². The van der Waals surface area contributed by atoms with E-state index < -0.39 is 6.61 Å². The molecular formula is C21H20ClF2NO5. The third-order valence-electron chi connectivity index (χ3n) is 3.89. The van der Waals surface area contributed by atoms with Crippen LogP contribution in [0, 0.1) is 0 Å². The number of likely N-dealkylation sites (N-methyl/N-ethyl adjacent to an activating group) is 1. The second-order valence-corrected chi connectivity index (χ2v) is 6.62. The molecule has 0 saturated carbocycles. The van der Waals surface area contributed by atoms with Gasteiger partial charge in [0, 0.05) is 19.7 Å². The van der Waals surface area contributed by atoms with Crippen LogP contribution in [0.5, 0.6) is 17.2 Å². The van der Waals surface area contributed by atoms with Gasteiger partial charge in [-0.05, 0) is 48.0 Å². The monoisotopic (exact) mass is 439 g/mol. The smallest absolute Gasteiger partial charge is 0.387 e. The number of halogens is 3. The lowest BCUT2D eigenvalue weighted by Crippen LogP contribution is -2.27. The molecule has 0 fully saturated rings. The highest BCUT2D eigenvalue weighted by Gasteiger charge is 2.15. The quantitative estimate of drug-likeness (QED) is 0.430. The van der Waals surface area contributed by atoms with E-state index in [-0.39, 0.29) is 34.8 Å². The third kappa shape index (κ3) is 6.45. The Labute approximate surface area is 177 Å². The van der Waals surface area contributed by atoms with Crippen molar-refractivity contribution in [1.82, 2.24) is 4.90 Å². The summed E-state index contributed by atoms with van der Waals surface area (Å²) in [4.78, 5) is 25.3. The average Bonchev–Trinajstić information content (AvgIpc) is 2.71. The molecule has 0 aromatic heterocycles. The number of alkyl halides is 2. The molecule has 2 rings (SSSR count). The first-order valence-electron chi connectivity index (χ1n) is 8.69. The summed E-state index contributed by atoms with van der Waals surface area (Å²) in [6.07, 6.45) is 2.78. The van der Waals surface area contributed by atoms with E-state index in [0.717, 1.165) is 0 Å². The van der Waals surface area contributed by atoms with Crippen molar-refractivity contribution in [3.63, 3.8) is 0 Å². The minimum Gasteiger partial charge on any atom is -0.493 e. The number of ketones is 1. The molecule has 9 heteroatoms. The summed E-state index contributed by atoms with van der Waals surface area (Å²) >= 11 is 5.98. The first-order chi connectivity index (χ1) is 14.2. The highest BCUT2D eigenvalue weighted by molar-refractivity contribution is 6.32. The average molecular weight is 440 g/mol. The number of hydrogen-bond acceptors (Lipinski definition) is 5. The van der Waals surface area contributed by atoms with Gasteiger partial charge in [-0.1, -0.05) is 17.7 Å². The number of nitrogens with zero attached hydrogens (tertiary/aromatic N) is 1. The zero-order chi connectivity index (χ0) is 22.3. The summed E-state index contributed by atoms with van der Waals surface area (Å²) in [7, 11) is 4.54. The standard InChI is InChI=1S/C21H20ClF2NO5/c1-25(2)19(27)12-29-15-7-5-14(6-8-15)17(26)9-4-13-10-16(22)20(30-21(23)24)18(11-13)28-3/h4-11,21H,12H2,1-3H3. The van der Waals surface area contributed by atoms with Crippen LogP contribution in [0.15, 0.2) is 42.5 Å². The van der Waals surface area contributed by atoms with Crippen LogP contribution in [-0.4, -0.2) is 51.0 Å². The Hall–Kier alpha value is -3.13. The number of carbonyl (C=O) groups is 2. The molecule has 0 saturated heterocycles. The zero-order valence-corrected chi connectivity index (χ0v) is 17.3. The molecule has 0 unspecified atom stereocenters. The fourth-order valence-electron chi connectivity index (χ4n) is 2.30. The van der Waals surface area contributed by atoms with Crippen molar-refractivity contribution in [2.45, 2.75) is 6.61 Å². The number of ether oxygens (including phenoxy) is 3. The maximum Gasteiger partial charge on any atom is 0.387 e. The van der Waals surface area contributed by atoms with Crippen molar-refractivity contribution in [3.05, 3.63) is 58.6 Å². The highest BCUT2D eigenvalue weighted by Crippen LogP contribution is 2.37. The second kappa shape index (κ2) is 10.6. The largest absolute Gasteiger partial charge is 0.493 e. The van der Waals surface area contributed by atoms with E-state index in [0.29, 0.717) is 16.9 Å². The lowest BCUT2D eigenvalue weighted by atomic mass is 10.1. The fourth-order valence-corrected chi connectivity index (χ4v) is 2.56. The minimum atomic E-state index is -3.05. The molecule has 0 heterocycles. The summed E-state index contributed by atoms with van der Waals surface area (Å²) in [5.74, 6) is -0.285. The zero-order valence-electron chi connectivity index (χ0n) is 16.5. The van der Waals surface area contributed by atoms with Crippen molar-refractivity contribution in [1.29, 1.82) is 0 Å². The van der Waals surface area contributed by atoms with Gasteiger partial charge in [0.05, 0.1) is 12.1 Å². The predicted molar refractivity (Wildman–Crippen MR) is 109 cm³/mol. The van der Waals surface area contributed by atoms with Crippen LogP contribution in [-0.2, 0) is 4.79 Å². The van der Waals surface area contributed by atoms with E-state index in [9.17, 15) is 18.4 Å². The topological polar surface area (TPSA) is 65.1 Å². The van der Waals surface area contributed by atoms with Crippen LogP contribution in [0.4, 0.5) is 8.78 Å². The number of carbonyl (C=O) groups excluding carboxylic acids is 2. The molecule has 0 aliphatic heterocycles. The molecule has 0 atom stereocenters. The van der Waals surface area contributed by atoms with Crippen LogP contribution >= 0.6 is 11.6 Å². The van der Waals surface area contributed by atoms with Gasteiger partial charge in [-0.15, -0.1) is 0 Å². The van der Waals surface area contributed by atoms with E-state index in [1.54, 1.807) is 38.4 Å². The summed E-state index contributed by atoms with van der Waals surface area (Å²) in [6.45, 7) is -3.15. The molecule has 0 spiro atoms. The van der Waals surface area contributed by atoms with Crippen LogP contribution in [0.3, 0.4) is 0 Å². The molecule has 0 radical (unpaired) electrons. The van der Waals surface area contributed by atoms with Gasteiger partial charge in [-0.25, -0.2) is 0 Å². The maximum atomic E-state index is 12.5. The minimum absolute atomic E-state index is 0.0173. The molecule has 6 nitrogen and oxygen atoms in total. The predicted octanol–water partition coefficient (Wildman–Crippen LogP) is 4.31. The molecule has 30 heavy (non-hydrogen) atoms. The first kappa shape index (κ1) is 23.2. The summed E-state index contributed by atoms with van der Waals surface area (Å²) < 4.78 is 39.7. The Morgan fingerprint density at radius 3 is 2.40 bits per heavy atom. The molecule has 0 N–H and O–H groups in total. The van der Waals surface area contributed by atoms with Crippen molar-refractivity contribution in [2.75, 3.05) is 27.8 Å². The molecule has 2 aromatic carbocycles. The molecular weight excluding hydrogens is 420 g/mol. The molecule has 1 amide bonds. The van der Waals surface area contributed by atoms with E-state index in [2.05, 4.69) is 4.74 Å². The lowest BCUT2D eigenvalue weighted by molar-refractivity contribution is -0.130. The van der Waals surface area contributed by atoms with Crippen LogP contribution < -0.4 is 14.2 Å². The normalized spacial score (nSPS) is 10.9. The molecule has 160 valence electrons. The van der Waals surface area contributed by atoms with E-state index in [4.69, 9.17) is 21.1 Å². The fraction of sp³-hybridized carbons (Fsp3) is 0.238. The highest BCUT2D eigenvalue weighted by atomic mass is 35.5. The Morgan fingerprint density at radius 1 is 1.17 bits per heavy atom. The van der Waals surface area contributed by atoms with Gasteiger partial charge in [0.2, 0.25) is 0 Å².